The molecule has 0 saturated carbocycles. The second-order valence-electron chi connectivity index (χ2n) is 9.95. The lowest BCUT2D eigenvalue weighted by Gasteiger charge is -2.27. The van der Waals surface area contributed by atoms with Crippen LogP contribution in [0, 0.1) is 6.92 Å². The van der Waals surface area contributed by atoms with Crippen molar-refractivity contribution in [1.29, 1.82) is 0 Å². The normalized spacial score (nSPS) is 11.6. The molecule has 1 aromatic heterocycles. The number of nitrogens with zero attached hydrogens (tertiary/aromatic N) is 3. The highest BCUT2D eigenvalue weighted by Crippen LogP contribution is 2.43. The summed E-state index contributed by atoms with van der Waals surface area (Å²) < 4.78 is 12.5. The molecular formula is C30H31Cl2N3O3S. The molecule has 3 aromatic carbocycles. The standard InChI is InChI=1S/C30H31Cl2N3O3S/c1-18(2)27-26(35(34-33-27)28-24(31)8-7-9-25(28)32)17-38-21-12-15-23(19(3)16-21)30(4,5)39-22-13-10-20(11-14-22)29(36)37-6/h7-16,18H,17H2,1-6H3. The molecule has 0 amide bonds. The van der Waals surface area contributed by atoms with Crippen molar-refractivity contribution < 1.29 is 14.3 Å². The van der Waals surface area contributed by atoms with Crippen molar-refractivity contribution in [2.45, 2.75) is 56.8 Å². The first kappa shape index (κ1) is 29.0. The van der Waals surface area contributed by atoms with Gasteiger partial charge in [0.25, 0.3) is 0 Å². The maximum atomic E-state index is 11.7. The minimum atomic E-state index is -0.341. The molecular weight excluding hydrogens is 553 g/mol. The number of ether oxygens (including phenoxy) is 2. The Bertz CT molecular complexity index is 1460. The molecule has 0 spiro atoms. The van der Waals surface area contributed by atoms with Gasteiger partial charge in [0.1, 0.15) is 23.7 Å². The number of methoxy groups -OCH3 is 1. The summed E-state index contributed by atoms with van der Waals surface area (Å²) in [5.74, 6) is 0.543. The third kappa shape index (κ3) is 6.43. The summed E-state index contributed by atoms with van der Waals surface area (Å²) in [5.41, 5.74) is 5.05. The van der Waals surface area contributed by atoms with E-state index in [0.29, 0.717) is 21.3 Å². The van der Waals surface area contributed by atoms with Gasteiger partial charge in [-0.1, -0.05) is 54.4 Å². The summed E-state index contributed by atoms with van der Waals surface area (Å²) in [7, 11) is 1.38. The van der Waals surface area contributed by atoms with Crippen LogP contribution in [0.25, 0.3) is 5.69 Å². The Kier molecular flexibility index (Phi) is 8.94. The Morgan fingerprint density at radius 3 is 2.31 bits per heavy atom. The average Bonchev–Trinajstić information content (AvgIpc) is 3.30. The summed E-state index contributed by atoms with van der Waals surface area (Å²) in [4.78, 5) is 12.8. The molecule has 0 atom stereocenters. The first-order valence-corrected chi connectivity index (χ1v) is 14.1. The van der Waals surface area contributed by atoms with Gasteiger partial charge in [-0.15, -0.1) is 16.9 Å². The molecule has 4 aromatic rings. The lowest BCUT2D eigenvalue weighted by molar-refractivity contribution is 0.0600. The number of halogens is 2. The number of carbonyl (C=O) groups is 1. The number of esters is 1. The number of para-hydroxylation sites is 1. The lowest BCUT2D eigenvalue weighted by Crippen LogP contribution is -2.14. The van der Waals surface area contributed by atoms with E-state index in [1.54, 1.807) is 46.8 Å². The predicted molar refractivity (Wildman–Crippen MR) is 158 cm³/mol. The monoisotopic (exact) mass is 583 g/mol. The third-order valence-corrected chi connectivity index (χ3v) is 8.21. The van der Waals surface area contributed by atoms with Gasteiger partial charge < -0.3 is 9.47 Å². The van der Waals surface area contributed by atoms with Crippen molar-refractivity contribution in [3.8, 4) is 11.4 Å². The van der Waals surface area contributed by atoms with Crippen LogP contribution in [0.2, 0.25) is 10.0 Å². The number of rotatable bonds is 9. The van der Waals surface area contributed by atoms with Crippen LogP contribution in [0.5, 0.6) is 5.75 Å². The molecule has 0 unspecified atom stereocenters. The Morgan fingerprint density at radius 1 is 1.05 bits per heavy atom. The van der Waals surface area contributed by atoms with Gasteiger partial charge in [0.05, 0.1) is 28.4 Å². The van der Waals surface area contributed by atoms with Gasteiger partial charge >= 0.3 is 5.97 Å². The van der Waals surface area contributed by atoms with Crippen molar-refractivity contribution >= 4 is 40.9 Å². The summed E-state index contributed by atoms with van der Waals surface area (Å²) in [6.07, 6.45) is 0. The van der Waals surface area contributed by atoms with E-state index in [-0.39, 0.29) is 23.2 Å². The van der Waals surface area contributed by atoms with Gasteiger partial charge in [0.15, 0.2) is 0 Å². The van der Waals surface area contributed by atoms with Crippen LogP contribution in [0.4, 0.5) is 0 Å². The van der Waals surface area contributed by atoms with E-state index in [1.807, 2.05) is 24.3 Å². The lowest BCUT2D eigenvalue weighted by atomic mass is 9.97. The van der Waals surface area contributed by atoms with E-state index in [1.165, 1.54) is 12.7 Å². The fourth-order valence-electron chi connectivity index (χ4n) is 4.45. The smallest absolute Gasteiger partial charge is 0.337 e. The third-order valence-electron chi connectivity index (χ3n) is 6.36. The molecule has 0 aliphatic heterocycles. The van der Waals surface area contributed by atoms with Gasteiger partial charge in [-0.05, 0) is 86.3 Å². The highest BCUT2D eigenvalue weighted by molar-refractivity contribution is 8.00. The molecule has 0 aliphatic rings. The predicted octanol–water partition coefficient (Wildman–Crippen LogP) is 8.40. The SMILES string of the molecule is COC(=O)c1ccc(SC(C)(C)c2ccc(OCc3c(C(C)C)nnn3-c3c(Cl)cccc3Cl)cc2C)cc1. The second kappa shape index (κ2) is 12.0. The van der Waals surface area contributed by atoms with E-state index < -0.39 is 0 Å². The molecule has 0 N–H and O–H groups in total. The Morgan fingerprint density at radius 2 is 1.72 bits per heavy atom. The van der Waals surface area contributed by atoms with Crippen molar-refractivity contribution in [3.05, 3.63) is 98.8 Å². The van der Waals surface area contributed by atoms with Crippen LogP contribution in [-0.2, 0) is 16.1 Å². The van der Waals surface area contributed by atoms with Crippen molar-refractivity contribution in [2.75, 3.05) is 7.11 Å². The van der Waals surface area contributed by atoms with Crippen molar-refractivity contribution in [1.82, 2.24) is 15.0 Å². The molecule has 6 nitrogen and oxygen atoms in total. The van der Waals surface area contributed by atoms with Gasteiger partial charge in [-0.2, -0.15) is 0 Å². The van der Waals surface area contributed by atoms with Crippen LogP contribution in [0.3, 0.4) is 0 Å². The Labute approximate surface area is 243 Å². The topological polar surface area (TPSA) is 66.2 Å². The second-order valence-corrected chi connectivity index (χ2v) is 12.5. The van der Waals surface area contributed by atoms with Gasteiger partial charge in [-0.3, -0.25) is 0 Å². The van der Waals surface area contributed by atoms with Crippen LogP contribution in [-0.4, -0.2) is 28.1 Å². The van der Waals surface area contributed by atoms with Crippen LogP contribution in [0.15, 0.2) is 65.6 Å². The molecule has 0 radical (unpaired) electrons. The van der Waals surface area contributed by atoms with E-state index in [4.69, 9.17) is 32.7 Å². The zero-order chi connectivity index (χ0) is 28.3. The Hall–Kier alpha value is -3.00. The van der Waals surface area contributed by atoms with E-state index in [2.05, 4.69) is 51.0 Å². The maximum Gasteiger partial charge on any atom is 0.337 e. The maximum absolute atomic E-state index is 11.7. The fourth-order valence-corrected chi connectivity index (χ4v) is 6.21. The van der Waals surface area contributed by atoms with E-state index in [9.17, 15) is 4.79 Å². The fraction of sp³-hybridized carbons (Fsp3) is 0.300. The number of thioether (sulfide) groups is 1. The summed E-state index contributed by atoms with van der Waals surface area (Å²) in [6, 6.07) is 18.9. The molecule has 0 saturated heterocycles. The zero-order valence-corrected chi connectivity index (χ0v) is 25.1. The van der Waals surface area contributed by atoms with Gasteiger partial charge in [0, 0.05) is 9.64 Å². The first-order valence-electron chi connectivity index (χ1n) is 12.5. The minimum Gasteiger partial charge on any atom is -0.487 e. The first-order chi connectivity index (χ1) is 18.5. The molecule has 4 rings (SSSR count). The van der Waals surface area contributed by atoms with Crippen molar-refractivity contribution in [2.24, 2.45) is 0 Å². The average molecular weight is 585 g/mol. The molecule has 1 heterocycles. The summed E-state index contributed by atoms with van der Waals surface area (Å²) >= 11 is 14.7. The zero-order valence-electron chi connectivity index (χ0n) is 22.8. The summed E-state index contributed by atoms with van der Waals surface area (Å²) in [5, 5.41) is 9.73. The highest BCUT2D eigenvalue weighted by Gasteiger charge is 2.25. The molecule has 39 heavy (non-hydrogen) atoms. The number of aromatic nitrogens is 3. The quantitative estimate of drug-likeness (QED) is 0.145. The molecule has 9 heteroatoms. The van der Waals surface area contributed by atoms with Crippen LogP contribution in [0.1, 0.15) is 66.5 Å². The minimum absolute atomic E-state index is 0.141. The van der Waals surface area contributed by atoms with Crippen LogP contribution < -0.4 is 4.74 Å². The number of carbonyl (C=O) groups excluding carboxylic acids is 1. The number of hydrogen-bond donors (Lipinski definition) is 0. The van der Waals surface area contributed by atoms with E-state index in [0.717, 1.165) is 27.6 Å². The summed E-state index contributed by atoms with van der Waals surface area (Å²) in [6.45, 7) is 10.8. The molecule has 204 valence electrons. The van der Waals surface area contributed by atoms with Crippen molar-refractivity contribution in [3.63, 3.8) is 0 Å². The van der Waals surface area contributed by atoms with Crippen LogP contribution >= 0.6 is 35.0 Å². The Balaban J connectivity index is 1.54. The van der Waals surface area contributed by atoms with E-state index >= 15 is 0 Å². The number of hydrogen-bond acceptors (Lipinski definition) is 6. The van der Waals surface area contributed by atoms with Gasteiger partial charge in [-0.25, -0.2) is 9.48 Å². The van der Waals surface area contributed by atoms with Gasteiger partial charge in [0.2, 0.25) is 0 Å². The number of aryl methyl sites for hydroxylation is 1. The largest absolute Gasteiger partial charge is 0.487 e. The highest BCUT2D eigenvalue weighted by atomic mass is 35.5. The molecule has 0 bridgehead atoms. The molecule has 0 aliphatic carbocycles. The molecule has 0 fully saturated rings. The number of benzene rings is 3.